The number of likely N-dealkylation sites (tertiary alicyclic amines) is 1. The number of nitrogens with zero attached hydrogens (tertiary/aromatic N) is 2. The van der Waals surface area contributed by atoms with Crippen LogP contribution in [-0.2, 0) is 4.74 Å². The highest BCUT2D eigenvalue weighted by Gasteiger charge is 2.42. The SMILES string of the molecule is CC[C@H]1CO[C@@]2(CCCN(CCCN(C)C)C2)C1. The largest absolute Gasteiger partial charge is 0.373 e. The van der Waals surface area contributed by atoms with Crippen molar-refractivity contribution in [2.75, 3.05) is 46.9 Å². The van der Waals surface area contributed by atoms with Gasteiger partial charge in [0.1, 0.15) is 0 Å². The number of rotatable bonds is 5. The maximum atomic E-state index is 6.19. The minimum atomic E-state index is 0.219. The van der Waals surface area contributed by atoms with Crippen molar-refractivity contribution in [3.05, 3.63) is 0 Å². The molecule has 2 aliphatic rings. The Labute approximate surface area is 112 Å². The van der Waals surface area contributed by atoms with Crippen LogP contribution in [0.15, 0.2) is 0 Å². The van der Waals surface area contributed by atoms with Gasteiger partial charge in [0.25, 0.3) is 0 Å². The molecule has 0 aliphatic carbocycles. The van der Waals surface area contributed by atoms with Crippen molar-refractivity contribution >= 4 is 0 Å². The second-order valence-electron chi connectivity index (χ2n) is 6.51. The summed E-state index contributed by atoms with van der Waals surface area (Å²) >= 11 is 0. The van der Waals surface area contributed by atoms with Crippen LogP contribution in [0.5, 0.6) is 0 Å². The highest BCUT2D eigenvalue weighted by atomic mass is 16.5. The van der Waals surface area contributed by atoms with Gasteiger partial charge in [-0.2, -0.15) is 0 Å². The normalized spacial score (nSPS) is 33.7. The van der Waals surface area contributed by atoms with Gasteiger partial charge >= 0.3 is 0 Å². The summed E-state index contributed by atoms with van der Waals surface area (Å²) in [5.74, 6) is 0.812. The summed E-state index contributed by atoms with van der Waals surface area (Å²) in [5, 5.41) is 0. The van der Waals surface area contributed by atoms with E-state index in [4.69, 9.17) is 4.74 Å². The summed E-state index contributed by atoms with van der Waals surface area (Å²) < 4.78 is 6.19. The molecule has 0 saturated carbocycles. The maximum absolute atomic E-state index is 6.19. The lowest BCUT2D eigenvalue weighted by Gasteiger charge is -2.40. The molecule has 0 aromatic carbocycles. The van der Waals surface area contributed by atoms with Crippen LogP contribution in [0.4, 0.5) is 0 Å². The molecule has 3 heteroatoms. The first-order chi connectivity index (χ1) is 8.63. The maximum Gasteiger partial charge on any atom is 0.0812 e. The molecule has 18 heavy (non-hydrogen) atoms. The summed E-state index contributed by atoms with van der Waals surface area (Å²) in [6, 6.07) is 0. The molecule has 1 spiro atoms. The van der Waals surface area contributed by atoms with Crippen LogP contribution in [-0.4, -0.2) is 62.3 Å². The third kappa shape index (κ3) is 3.69. The number of ether oxygens (including phenoxy) is 1. The van der Waals surface area contributed by atoms with Gasteiger partial charge in [0.05, 0.1) is 12.2 Å². The van der Waals surface area contributed by atoms with Crippen molar-refractivity contribution in [3.8, 4) is 0 Å². The van der Waals surface area contributed by atoms with E-state index in [1.807, 2.05) is 0 Å². The topological polar surface area (TPSA) is 15.7 Å². The Hall–Kier alpha value is -0.120. The predicted molar refractivity (Wildman–Crippen MR) is 75.9 cm³/mol. The minimum Gasteiger partial charge on any atom is -0.373 e. The summed E-state index contributed by atoms with van der Waals surface area (Å²) in [6.45, 7) is 8.18. The Morgan fingerprint density at radius 3 is 2.89 bits per heavy atom. The lowest BCUT2D eigenvalue weighted by Crippen LogP contribution is -2.48. The minimum absolute atomic E-state index is 0.219. The molecule has 0 bridgehead atoms. The molecule has 0 amide bonds. The second-order valence-corrected chi connectivity index (χ2v) is 6.51. The average molecular weight is 254 g/mol. The quantitative estimate of drug-likeness (QED) is 0.748. The average Bonchev–Trinajstić information content (AvgIpc) is 2.72. The van der Waals surface area contributed by atoms with Crippen LogP contribution >= 0.6 is 0 Å². The van der Waals surface area contributed by atoms with E-state index < -0.39 is 0 Å². The molecular formula is C15H30N2O. The van der Waals surface area contributed by atoms with Crippen LogP contribution in [0.2, 0.25) is 0 Å². The van der Waals surface area contributed by atoms with Crippen LogP contribution in [0.1, 0.15) is 39.0 Å². The molecule has 106 valence electrons. The van der Waals surface area contributed by atoms with Gasteiger partial charge in [-0.1, -0.05) is 13.3 Å². The van der Waals surface area contributed by atoms with Crippen molar-refractivity contribution < 1.29 is 4.74 Å². The number of hydrogen-bond donors (Lipinski definition) is 0. The molecule has 0 aromatic rings. The fourth-order valence-corrected chi connectivity index (χ4v) is 3.48. The van der Waals surface area contributed by atoms with E-state index in [9.17, 15) is 0 Å². The van der Waals surface area contributed by atoms with E-state index in [-0.39, 0.29) is 5.60 Å². The standard InChI is InChI=1S/C15H30N2O/c1-4-14-11-15(18-12-14)7-5-9-17(13-15)10-6-8-16(2)3/h14H,4-13H2,1-3H3/t14-,15+/m1/s1. The smallest absolute Gasteiger partial charge is 0.0812 e. The highest BCUT2D eigenvalue weighted by Crippen LogP contribution is 2.38. The second kappa shape index (κ2) is 6.36. The van der Waals surface area contributed by atoms with Crippen molar-refractivity contribution in [1.82, 2.24) is 9.80 Å². The number of hydrogen-bond acceptors (Lipinski definition) is 3. The van der Waals surface area contributed by atoms with Gasteiger partial charge < -0.3 is 14.5 Å². The Morgan fingerprint density at radius 2 is 2.22 bits per heavy atom. The van der Waals surface area contributed by atoms with E-state index in [2.05, 4.69) is 30.8 Å². The van der Waals surface area contributed by atoms with Crippen LogP contribution in [0.3, 0.4) is 0 Å². The van der Waals surface area contributed by atoms with E-state index in [0.29, 0.717) is 0 Å². The Balaban J connectivity index is 1.78. The van der Waals surface area contributed by atoms with Gasteiger partial charge in [-0.05, 0) is 65.3 Å². The zero-order valence-corrected chi connectivity index (χ0v) is 12.5. The van der Waals surface area contributed by atoms with Crippen LogP contribution in [0, 0.1) is 5.92 Å². The lowest BCUT2D eigenvalue weighted by molar-refractivity contribution is -0.0518. The molecule has 0 unspecified atom stereocenters. The van der Waals surface area contributed by atoms with Crippen molar-refractivity contribution in [3.63, 3.8) is 0 Å². The molecule has 0 aromatic heterocycles. The van der Waals surface area contributed by atoms with E-state index >= 15 is 0 Å². The van der Waals surface area contributed by atoms with E-state index in [0.717, 1.165) is 12.5 Å². The molecule has 3 nitrogen and oxygen atoms in total. The van der Waals surface area contributed by atoms with E-state index in [1.165, 1.54) is 58.3 Å². The Bertz CT molecular complexity index is 257. The van der Waals surface area contributed by atoms with Gasteiger partial charge in [-0.15, -0.1) is 0 Å². The van der Waals surface area contributed by atoms with Gasteiger partial charge in [0, 0.05) is 6.54 Å². The van der Waals surface area contributed by atoms with E-state index in [1.54, 1.807) is 0 Å². The first-order valence-electron chi connectivity index (χ1n) is 7.64. The monoisotopic (exact) mass is 254 g/mol. The fraction of sp³-hybridized carbons (Fsp3) is 1.00. The third-order valence-corrected chi connectivity index (χ3v) is 4.56. The molecular weight excluding hydrogens is 224 g/mol. The summed E-state index contributed by atoms with van der Waals surface area (Å²) in [4.78, 5) is 4.91. The van der Waals surface area contributed by atoms with Crippen molar-refractivity contribution in [2.24, 2.45) is 5.92 Å². The summed E-state index contributed by atoms with van der Waals surface area (Å²) in [6.07, 6.45) is 6.46. The molecule has 2 saturated heterocycles. The highest BCUT2D eigenvalue weighted by molar-refractivity contribution is 4.94. The van der Waals surface area contributed by atoms with Gasteiger partial charge in [0.15, 0.2) is 0 Å². The summed E-state index contributed by atoms with van der Waals surface area (Å²) in [7, 11) is 4.31. The molecule has 2 fully saturated rings. The Kier molecular flexibility index (Phi) is 5.05. The van der Waals surface area contributed by atoms with Crippen LogP contribution < -0.4 is 0 Å². The first-order valence-corrected chi connectivity index (χ1v) is 7.64. The van der Waals surface area contributed by atoms with Crippen molar-refractivity contribution in [1.29, 1.82) is 0 Å². The molecule has 2 aliphatic heterocycles. The molecule has 2 heterocycles. The molecule has 2 atom stereocenters. The predicted octanol–water partition coefficient (Wildman–Crippen LogP) is 2.22. The molecule has 0 N–H and O–H groups in total. The number of piperidine rings is 1. The van der Waals surface area contributed by atoms with Crippen LogP contribution in [0.25, 0.3) is 0 Å². The van der Waals surface area contributed by atoms with Gasteiger partial charge in [0.2, 0.25) is 0 Å². The zero-order chi connectivity index (χ0) is 13.0. The molecule has 0 radical (unpaired) electrons. The fourth-order valence-electron chi connectivity index (χ4n) is 3.48. The van der Waals surface area contributed by atoms with Gasteiger partial charge in [-0.25, -0.2) is 0 Å². The molecule has 2 rings (SSSR count). The summed E-state index contributed by atoms with van der Waals surface area (Å²) in [5.41, 5.74) is 0.219. The first kappa shape index (κ1) is 14.3. The third-order valence-electron chi connectivity index (χ3n) is 4.56. The Morgan fingerprint density at radius 1 is 1.39 bits per heavy atom. The lowest BCUT2D eigenvalue weighted by atomic mass is 9.86. The zero-order valence-electron chi connectivity index (χ0n) is 12.5. The van der Waals surface area contributed by atoms with Gasteiger partial charge in [-0.3, -0.25) is 0 Å². The van der Waals surface area contributed by atoms with Crippen molar-refractivity contribution in [2.45, 2.75) is 44.6 Å².